The van der Waals surface area contributed by atoms with Gasteiger partial charge in [0.2, 0.25) is 0 Å². The molecule has 0 bridgehead atoms. The van der Waals surface area contributed by atoms with E-state index in [1.54, 1.807) is 0 Å². The van der Waals surface area contributed by atoms with Crippen molar-refractivity contribution in [1.82, 2.24) is 0 Å². The Balaban J connectivity index is 2.35. The molecule has 1 aliphatic rings. The molecular formula is C17H20AsO. The quantitative estimate of drug-likeness (QED) is 0.672. The van der Waals surface area contributed by atoms with E-state index in [1.807, 2.05) is 0 Å². The summed E-state index contributed by atoms with van der Waals surface area (Å²) in [4.78, 5) is 0. The first-order chi connectivity index (χ1) is 8.94. The molecule has 1 heterocycles. The van der Waals surface area contributed by atoms with Crippen molar-refractivity contribution in [2.24, 2.45) is 0 Å². The maximum absolute atomic E-state index is 6.11. The molecule has 0 N–H and O–H groups in total. The SMILES string of the molecule is CC(C)(C)[As]1(C)c2ccccc2Oc2ccccc21. The van der Waals surface area contributed by atoms with Crippen LogP contribution >= 0.6 is 0 Å². The average molecular weight is 315 g/mol. The van der Waals surface area contributed by atoms with Crippen LogP contribution in [0, 0.1) is 0 Å². The van der Waals surface area contributed by atoms with Crippen molar-refractivity contribution in [1.29, 1.82) is 0 Å². The Kier molecular flexibility index (Phi) is 2.80. The topological polar surface area (TPSA) is 9.23 Å². The summed E-state index contributed by atoms with van der Waals surface area (Å²) in [6.45, 7) is 7.12. The number of para-hydroxylation sites is 2. The van der Waals surface area contributed by atoms with E-state index >= 15 is 0 Å². The number of rotatable bonds is 0. The monoisotopic (exact) mass is 315 g/mol. The van der Waals surface area contributed by atoms with Crippen LogP contribution < -0.4 is 13.4 Å². The van der Waals surface area contributed by atoms with Crippen LogP contribution in [-0.2, 0) is 0 Å². The zero-order chi connectivity index (χ0) is 13.7. The van der Waals surface area contributed by atoms with Gasteiger partial charge in [-0.3, -0.25) is 0 Å². The predicted octanol–water partition coefficient (Wildman–Crippen LogP) is 3.79. The summed E-state index contributed by atoms with van der Waals surface area (Å²) in [5, 5.41) is 0. The maximum atomic E-state index is 6.11. The first-order valence-electron chi connectivity index (χ1n) is 6.68. The molecule has 2 aromatic rings. The van der Waals surface area contributed by atoms with E-state index < -0.39 is 13.6 Å². The molecule has 0 aliphatic carbocycles. The summed E-state index contributed by atoms with van der Waals surface area (Å²) >= 11 is -2.22. The van der Waals surface area contributed by atoms with Gasteiger partial charge in [-0.2, -0.15) is 0 Å². The van der Waals surface area contributed by atoms with Crippen molar-refractivity contribution >= 4 is 22.3 Å². The van der Waals surface area contributed by atoms with Gasteiger partial charge < -0.3 is 0 Å². The summed E-state index contributed by atoms with van der Waals surface area (Å²) in [7, 11) is 0. The van der Waals surface area contributed by atoms with Crippen LogP contribution in [0.15, 0.2) is 48.5 Å². The molecule has 0 spiro atoms. The molecule has 1 nitrogen and oxygen atoms in total. The van der Waals surface area contributed by atoms with Crippen LogP contribution in [0.1, 0.15) is 20.8 Å². The van der Waals surface area contributed by atoms with Crippen LogP contribution in [-0.4, -0.2) is 13.6 Å². The standard InChI is InChI=1S/C17H20AsO/c1-17(2,3)18(4)13-9-5-7-11-15(13)19-16-12-8-6-10-14(16)18/h5-12H,1-4H3. The van der Waals surface area contributed by atoms with E-state index in [2.05, 4.69) is 75.0 Å². The third-order valence-corrected chi connectivity index (χ3v) is 15.5. The van der Waals surface area contributed by atoms with Gasteiger partial charge in [-0.05, 0) is 0 Å². The van der Waals surface area contributed by atoms with E-state index in [-0.39, 0.29) is 4.20 Å². The number of fused-ring (bicyclic) bond motifs is 2. The van der Waals surface area contributed by atoms with Gasteiger partial charge in [0, 0.05) is 0 Å². The van der Waals surface area contributed by atoms with Gasteiger partial charge in [0.05, 0.1) is 0 Å². The van der Waals surface area contributed by atoms with Gasteiger partial charge >= 0.3 is 118 Å². The van der Waals surface area contributed by atoms with Crippen LogP contribution in [0.2, 0.25) is 9.91 Å². The Morgan fingerprint density at radius 1 is 0.789 bits per heavy atom. The Labute approximate surface area is 118 Å². The molecule has 0 unspecified atom stereocenters. The van der Waals surface area contributed by atoms with Crippen molar-refractivity contribution < 1.29 is 4.74 Å². The fraction of sp³-hybridized carbons (Fsp3) is 0.294. The minimum atomic E-state index is -2.22. The molecule has 2 aromatic carbocycles. The fourth-order valence-corrected chi connectivity index (χ4v) is 10.3. The molecule has 1 aliphatic heterocycles. The molecule has 3 rings (SSSR count). The number of hydrogen-bond donors (Lipinski definition) is 0. The van der Waals surface area contributed by atoms with E-state index in [1.165, 1.54) is 8.70 Å². The number of ether oxygens (including phenoxy) is 1. The second-order valence-corrected chi connectivity index (χ2v) is 15.3. The van der Waals surface area contributed by atoms with E-state index in [0.29, 0.717) is 0 Å². The van der Waals surface area contributed by atoms with E-state index in [9.17, 15) is 0 Å². The Bertz CT molecular complexity index is 580. The van der Waals surface area contributed by atoms with E-state index in [0.717, 1.165) is 11.5 Å². The van der Waals surface area contributed by atoms with Crippen molar-refractivity contribution in [2.45, 2.75) is 30.7 Å². The second kappa shape index (κ2) is 4.15. The zero-order valence-corrected chi connectivity index (χ0v) is 13.9. The third kappa shape index (κ3) is 1.75. The van der Waals surface area contributed by atoms with Crippen molar-refractivity contribution in [2.75, 3.05) is 0 Å². The Hall–Kier alpha value is -1.20. The van der Waals surface area contributed by atoms with Gasteiger partial charge in [-0.25, -0.2) is 0 Å². The van der Waals surface area contributed by atoms with Crippen LogP contribution in [0.25, 0.3) is 0 Å². The first-order valence-corrected chi connectivity index (χ1v) is 11.4. The Morgan fingerprint density at radius 2 is 1.21 bits per heavy atom. The molecule has 0 atom stereocenters. The van der Waals surface area contributed by atoms with Gasteiger partial charge in [0.15, 0.2) is 0 Å². The summed E-state index contributed by atoms with van der Waals surface area (Å²) in [5.74, 6) is 2.12. The molecule has 1 radical (unpaired) electrons. The number of benzene rings is 2. The van der Waals surface area contributed by atoms with Gasteiger partial charge in [-0.15, -0.1) is 0 Å². The van der Waals surface area contributed by atoms with E-state index in [4.69, 9.17) is 4.74 Å². The average Bonchev–Trinajstić information content (AvgIpc) is 2.38. The molecule has 19 heavy (non-hydrogen) atoms. The zero-order valence-electron chi connectivity index (χ0n) is 12.0. The molecule has 0 saturated carbocycles. The molecule has 0 aromatic heterocycles. The van der Waals surface area contributed by atoms with Crippen molar-refractivity contribution in [3.8, 4) is 11.5 Å². The first kappa shape index (κ1) is 12.8. The second-order valence-electron chi connectivity index (χ2n) is 6.21. The summed E-state index contributed by atoms with van der Waals surface area (Å²) in [6, 6.07) is 17.2. The third-order valence-electron chi connectivity index (χ3n) is 4.26. The predicted molar refractivity (Wildman–Crippen MR) is 83.6 cm³/mol. The molecule has 0 saturated heterocycles. The summed E-state index contributed by atoms with van der Waals surface area (Å²) in [6.07, 6.45) is 0. The van der Waals surface area contributed by atoms with Gasteiger partial charge in [-0.1, -0.05) is 0 Å². The van der Waals surface area contributed by atoms with Crippen molar-refractivity contribution in [3.63, 3.8) is 0 Å². The molecular weight excluding hydrogens is 295 g/mol. The van der Waals surface area contributed by atoms with Gasteiger partial charge in [0.1, 0.15) is 0 Å². The molecule has 2 heteroatoms. The Morgan fingerprint density at radius 3 is 1.63 bits per heavy atom. The fourth-order valence-electron chi connectivity index (χ4n) is 2.80. The van der Waals surface area contributed by atoms with Crippen LogP contribution in [0.5, 0.6) is 11.5 Å². The van der Waals surface area contributed by atoms with Crippen molar-refractivity contribution in [3.05, 3.63) is 48.5 Å². The summed E-state index contributed by atoms with van der Waals surface area (Å²) in [5.41, 5.74) is 2.50. The molecule has 0 amide bonds. The molecule has 99 valence electrons. The molecule has 0 fully saturated rings. The van der Waals surface area contributed by atoms with Crippen LogP contribution in [0.3, 0.4) is 0 Å². The van der Waals surface area contributed by atoms with Crippen LogP contribution in [0.4, 0.5) is 0 Å². The number of hydrogen-bond acceptors (Lipinski definition) is 1. The van der Waals surface area contributed by atoms with Gasteiger partial charge in [0.25, 0.3) is 0 Å². The summed E-state index contributed by atoms with van der Waals surface area (Å²) < 4.78 is 9.30. The minimum absolute atomic E-state index is 0.286. The normalized spacial score (nSPS) is 16.2.